The zero-order chi connectivity index (χ0) is 20.2. The van der Waals surface area contributed by atoms with Crippen molar-refractivity contribution in [3.05, 3.63) is 83.1 Å². The lowest BCUT2D eigenvalue weighted by Gasteiger charge is -2.32. The Hall–Kier alpha value is -2.60. The van der Waals surface area contributed by atoms with Gasteiger partial charge in [0.25, 0.3) is 0 Å². The van der Waals surface area contributed by atoms with E-state index in [0.717, 1.165) is 36.1 Å². The van der Waals surface area contributed by atoms with Crippen LogP contribution in [0, 0.1) is 11.6 Å². The van der Waals surface area contributed by atoms with Crippen LogP contribution in [-0.2, 0) is 6.54 Å². The largest absolute Gasteiger partial charge is 0.381 e. The lowest BCUT2D eigenvalue weighted by atomic mass is 9.95. The lowest BCUT2D eigenvalue weighted by Crippen LogP contribution is -2.35. The van der Waals surface area contributed by atoms with E-state index in [9.17, 15) is 8.78 Å². The van der Waals surface area contributed by atoms with Gasteiger partial charge in [-0.25, -0.2) is 13.8 Å². The maximum absolute atomic E-state index is 13.8. The Balaban J connectivity index is 1.45. The molecular formula is C23H23F2N3S. The average Bonchev–Trinajstić information content (AvgIpc) is 2.75. The van der Waals surface area contributed by atoms with Crippen molar-refractivity contribution in [2.75, 3.05) is 24.2 Å². The summed E-state index contributed by atoms with van der Waals surface area (Å²) in [5.41, 5.74) is 4.78. The predicted molar refractivity (Wildman–Crippen MR) is 118 cm³/mol. The fourth-order valence-corrected chi connectivity index (χ4v) is 4.34. The van der Waals surface area contributed by atoms with Crippen molar-refractivity contribution in [1.29, 1.82) is 0 Å². The molecule has 2 heterocycles. The summed E-state index contributed by atoms with van der Waals surface area (Å²) in [6, 6.07) is 12.0. The van der Waals surface area contributed by atoms with Gasteiger partial charge in [0.05, 0.1) is 0 Å². The smallest absolute Gasteiger partial charge is 0.164 e. The highest BCUT2D eigenvalue weighted by molar-refractivity contribution is 8.13. The second-order valence-electron chi connectivity index (χ2n) is 7.17. The average molecular weight is 412 g/mol. The molecule has 0 aliphatic carbocycles. The normalized spacial score (nSPS) is 16.8. The van der Waals surface area contributed by atoms with E-state index in [4.69, 9.17) is 0 Å². The molecule has 0 fully saturated rings. The highest BCUT2D eigenvalue weighted by atomic mass is 32.2. The molecule has 0 unspecified atom stereocenters. The zero-order valence-electron chi connectivity index (χ0n) is 16.3. The summed E-state index contributed by atoms with van der Waals surface area (Å²) in [6.07, 6.45) is 4.97. The first kappa shape index (κ1) is 19.7. The molecule has 3 nitrogen and oxygen atoms in total. The number of benzene rings is 2. The highest BCUT2D eigenvalue weighted by Gasteiger charge is 2.21. The van der Waals surface area contributed by atoms with Crippen LogP contribution >= 0.6 is 11.8 Å². The van der Waals surface area contributed by atoms with Crippen LogP contribution in [0.2, 0.25) is 0 Å². The van der Waals surface area contributed by atoms with Crippen molar-refractivity contribution in [3.8, 4) is 0 Å². The molecule has 1 N–H and O–H groups in total. The van der Waals surface area contributed by atoms with Crippen LogP contribution in [0.25, 0.3) is 5.57 Å². The van der Waals surface area contributed by atoms with Gasteiger partial charge in [-0.3, -0.25) is 0 Å². The number of hydrogen-bond donors (Lipinski definition) is 1. The van der Waals surface area contributed by atoms with Gasteiger partial charge in [0.1, 0.15) is 11.6 Å². The maximum Gasteiger partial charge on any atom is 0.164 e. The molecule has 2 aliphatic heterocycles. The number of hydrogen-bond acceptors (Lipinski definition) is 4. The number of nitrogens with one attached hydrogen (secondary N) is 1. The Morgan fingerprint density at radius 3 is 2.55 bits per heavy atom. The Morgan fingerprint density at radius 1 is 1.10 bits per heavy atom. The molecule has 2 aromatic carbocycles. The first-order valence-electron chi connectivity index (χ1n) is 9.68. The molecule has 150 valence electrons. The third-order valence-electron chi connectivity index (χ3n) is 5.25. The molecule has 0 amide bonds. The third kappa shape index (κ3) is 4.53. The quantitative estimate of drug-likeness (QED) is 0.702. The first-order chi connectivity index (χ1) is 14.1. The molecule has 0 spiro atoms. The van der Waals surface area contributed by atoms with E-state index < -0.39 is 11.6 Å². The predicted octanol–water partition coefficient (Wildman–Crippen LogP) is 5.67. The highest BCUT2D eigenvalue weighted by Crippen LogP contribution is 2.29. The number of thioether (sulfide) groups is 1. The summed E-state index contributed by atoms with van der Waals surface area (Å²) in [5, 5.41) is 4.19. The van der Waals surface area contributed by atoms with Gasteiger partial charge in [-0.15, -0.1) is 0 Å². The molecule has 0 bridgehead atoms. The van der Waals surface area contributed by atoms with Crippen molar-refractivity contribution in [2.45, 2.75) is 19.9 Å². The van der Waals surface area contributed by atoms with E-state index in [1.54, 1.807) is 11.8 Å². The van der Waals surface area contributed by atoms with Gasteiger partial charge in [-0.1, -0.05) is 41.6 Å². The number of amidine groups is 1. The number of rotatable bonds is 4. The number of halogens is 2. The zero-order valence-corrected chi connectivity index (χ0v) is 17.1. The molecule has 6 heteroatoms. The Morgan fingerprint density at radius 2 is 1.86 bits per heavy atom. The van der Waals surface area contributed by atoms with E-state index in [1.165, 1.54) is 34.9 Å². The molecule has 2 aromatic rings. The summed E-state index contributed by atoms with van der Waals surface area (Å²) in [6.45, 7) is 4.13. The molecule has 0 saturated heterocycles. The molecule has 29 heavy (non-hydrogen) atoms. The number of anilines is 1. The Labute approximate surface area is 174 Å². The van der Waals surface area contributed by atoms with Gasteiger partial charge < -0.3 is 10.2 Å². The second-order valence-corrected chi connectivity index (χ2v) is 8.16. The van der Waals surface area contributed by atoms with Gasteiger partial charge in [-0.2, -0.15) is 0 Å². The van der Waals surface area contributed by atoms with Crippen LogP contribution < -0.4 is 5.32 Å². The van der Waals surface area contributed by atoms with Gasteiger partial charge in [0.2, 0.25) is 0 Å². The monoisotopic (exact) mass is 411 g/mol. The summed E-state index contributed by atoms with van der Waals surface area (Å²) in [4.78, 5) is 6.86. The van der Waals surface area contributed by atoms with Crippen molar-refractivity contribution in [3.63, 3.8) is 0 Å². The first-order valence-corrected chi connectivity index (χ1v) is 10.7. The third-order valence-corrected chi connectivity index (χ3v) is 6.24. The van der Waals surface area contributed by atoms with Crippen LogP contribution in [-0.4, -0.2) is 28.9 Å². The van der Waals surface area contributed by atoms with Crippen molar-refractivity contribution >= 4 is 28.2 Å². The number of aliphatic imine (C=N–C) groups is 1. The summed E-state index contributed by atoms with van der Waals surface area (Å²) in [7, 11) is 0. The molecule has 0 aromatic heterocycles. The van der Waals surface area contributed by atoms with Gasteiger partial charge in [-0.05, 0) is 48.7 Å². The van der Waals surface area contributed by atoms with Crippen molar-refractivity contribution in [1.82, 2.24) is 4.90 Å². The van der Waals surface area contributed by atoms with Gasteiger partial charge >= 0.3 is 0 Å². The molecular weight excluding hydrogens is 388 g/mol. The van der Waals surface area contributed by atoms with E-state index in [2.05, 4.69) is 40.3 Å². The topological polar surface area (TPSA) is 27.6 Å². The second kappa shape index (κ2) is 8.82. The Kier molecular flexibility index (Phi) is 6.00. The van der Waals surface area contributed by atoms with Crippen LogP contribution in [0.3, 0.4) is 0 Å². The van der Waals surface area contributed by atoms with Crippen molar-refractivity contribution < 1.29 is 8.78 Å². The van der Waals surface area contributed by atoms with Gasteiger partial charge in [0, 0.05) is 42.8 Å². The molecule has 2 aliphatic rings. The summed E-state index contributed by atoms with van der Waals surface area (Å²) >= 11 is 1.77. The van der Waals surface area contributed by atoms with E-state index in [-0.39, 0.29) is 12.1 Å². The van der Waals surface area contributed by atoms with Crippen LogP contribution in [0.4, 0.5) is 14.5 Å². The van der Waals surface area contributed by atoms with E-state index in [0.29, 0.717) is 0 Å². The van der Waals surface area contributed by atoms with E-state index in [1.807, 2.05) is 18.3 Å². The van der Waals surface area contributed by atoms with Crippen LogP contribution in [0.1, 0.15) is 24.5 Å². The standard InChI is InChI=1S/C23H23F2N3S/c1-16-10-12-28(23-26-11-3-13-29-23)15-20(16)17-6-8-18(9-7-17)27-14-19-21(24)4-2-5-22(19)25/h2-9,11,27H,10,12-15H2,1H3. The van der Waals surface area contributed by atoms with Crippen LogP contribution in [0.15, 0.2) is 65.3 Å². The van der Waals surface area contributed by atoms with E-state index >= 15 is 0 Å². The molecule has 4 rings (SSSR count). The summed E-state index contributed by atoms with van der Waals surface area (Å²) in [5.74, 6) is -0.0952. The Bertz CT molecular complexity index is 960. The fraction of sp³-hybridized carbons (Fsp3) is 0.261. The van der Waals surface area contributed by atoms with Crippen molar-refractivity contribution in [2.24, 2.45) is 4.99 Å². The minimum absolute atomic E-state index is 0.0536. The fourth-order valence-electron chi connectivity index (χ4n) is 3.53. The maximum atomic E-state index is 13.8. The van der Waals surface area contributed by atoms with Gasteiger partial charge in [0.15, 0.2) is 5.17 Å². The summed E-state index contributed by atoms with van der Waals surface area (Å²) < 4.78 is 27.6. The SMILES string of the molecule is CC1=C(c2ccc(NCc3c(F)cccc3F)cc2)CN(C2=NC=CCS2)CC1. The number of nitrogens with zero attached hydrogens (tertiary/aromatic N) is 2. The molecule has 0 atom stereocenters. The minimum atomic E-state index is -0.532. The molecule has 0 radical (unpaired) electrons. The molecule has 0 saturated carbocycles. The minimum Gasteiger partial charge on any atom is -0.381 e. The lowest BCUT2D eigenvalue weighted by molar-refractivity contribution is 0.462. The van der Waals surface area contributed by atoms with Crippen LogP contribution in [0.5, 0.6) is 0 Å².